The SMILES string of the molecule is [C-]#[N+]c1ccc(S(=O)(=O)Nc2cnc3c(I)cccc3c2)cc1. The molecule has 23 heavy (non-hydrogen) atoms. The Labute approximate surface area is 147 Å². The van der Waals surface area contributed by atoms with Crippen LogP contribution in [0.4, 0.5) is 11.4 Å². The third-order valence-electron chi connectivity index (χ3n) is 3.19. The minimum Gasteiger partial charge on any atom is -0.278 e. The zero-order chi connectivity index (χ0) is 16.4. The van der Waals surface area contributed by atoms with Gasteiger partial charge in [-0.15, -0.1) is 0 Å². The summed E-state index contributed by atoms with van der Waals surface area (Å²) in [7, 11) is -3.71. The van der Waals surface area contributed by atoms with Crippen molar-refractivity contribution in [2.75, 3.05) is 4.72 Å². The highest BCUT2D eigenvalue weighted by molar-refractivity contribution is 14.1. The maximum absolute atomic E-state index is 12.4. The summed E-state index contributed by atoms with van der Waals surface area (Å²) in [6.45, 7) is 6.89. The molecule has 0 fully saturated rings. The zero-order valence-electron chi connectivity index (χ0n) is 11.7. The first kappa shape index (κ1) is 15.7. The van der Waals surface area contributed by atoms with Gasteiger partial charge in [0.05, 0.1) is 28.9 Å². The Kier molecular flexibility index (Phi) is 4.19. The predicted molar refractivity (Wildman–Crippen MR) is 98.0 cm³/mol. The minimum atomic E-state index is -3.71. The predicted octanol–water partition coefficient (Wildman–Crippen LogP) is 4.19. The van der Waals surface area contributed by atoms with Crippen LogP contribution in [0.5, 0.6) is 0 Å². The lowest BCUT2D eigenvalue weighted by Gasteiger charge is -2.09. The number of rotatable bonds is 3. The maximum atomic E-state index is 12.4. The molecule has 0 aliphatic rings. The summed E-state index contributed by atoms with van der Waals surface area (Å²) in [6, 6.07) is 13.2. The van der Waals surface area contributed by atoms with Crippen LogP contribution in [0, 0.1) is 10.1 Å². The van der Waals surface area contributed by atoms with Crippen LogP contribution in [-0.4, -0.2) is 13.4 Å². The van der Waals surface area contributed by atoms with Crippen molar-refractivity contribution in [1.29, 1.82) is 0 Å². The van der Waals surface area contributed by atoms with Gasteiger partial charge in [0.2, 0.25) is 0 Å². The van der Waals surface area contributed by atoms with Crippen LogP contribution in [0.15, 0.2) is 59.6 Å². The van der Waals surface area contributed by atoms with E-state index < -0.39 is 10.0 Å². The molecular formula is C16H10IN3O2S. The van der Waals surface area contributed by atoms with Crippen LogP contribution in [0.2, 0.25) is 0 Å². The third kappa shape index (κ3) is 3.28. The van der Waals surface area contributed by atoms with E-state index in [-0.39, 0.29) is 4.90 Å². The summed E-state index contributed by atoms with van der Waals surface area (Å²) in [5.41, 5.74) is 1.62. The highest BCUT2D eigenvalue weighted by atomic mass is 127. The molecule has 1 heterocycles. The number of pyridine rings is 1. The zero-order valence-corrected chi connectivity index (χ0v) is 14.7. The van der Waals surface area contributed by atoms with Gasteiger partial charge in [-0.25, -0.2) is 13.3 Å². The first-order chi connectivity index (χ1) is 11.0. The molecule has 2 aromatic carbocycles. The second kappa shape index (κ2) is 6.14. The molecule has 1 aromatic heterocycles. The minimum absolute atomic E-state index is 0.104. The van der Waals surface area contributed by atoms with Gasteiger partial charge in [0, 0.05) is 8.96 Å². The molecule has 0 saturated carbocycles. The van der Waals surface area contributed by atoms with E-state index in [1.807, 2.05) is 18.2 Å². The Morgan fingerprint density at radius 3 is 2.57 bits per heavy atom. The van der Waals surface area contributed by atoms with Gasteiger partial charge in [0.15, 0.2) is 5.69 Å². The van der Waals surface area contributed by atoms with Crippen molar-refractivity contribution in [2.45, 2.75) is 4.90 Å². The van der Waals surface area contributed by atoms with Crippen LogP contribution in [0.1, 0.15) is 0 Å². The largest absolute Gasteiger partial charge is 0.278 e. The van der Waals surface area contributed by atoms with Gasteiger partial charge in [-0.05, 0) is 34.7 Å². The fourth-order valence-corrected chi connectivity index (χ4v) is 3.79. The smallest absolute Gasteiger partial charge is 0.261 e. The van der Waals surface area contributed by atoms with Crippen LogP contribution < -0.4 is 4.72 Å². The lowest BCUT2D eigenvalue weighted by Crippen LogP contribution is -2.12. The summed E-state index contributed by atoms with van der Waals surface area (Å²) in [5.74, 6) is 0. The number of benzene rings is 2. The van der Waals surface area contributed by atoms with E-state index in [1.54, 1.807) is 6.07 Å². The van der Waals surface area contributed by atoms with Gasteiger partial charge >= 0.3 is 0 Å². The van der Waals surface area contributed by atoms with Gasteiger partial charge in [-0.2, -0.15) is 0 Å². The Balaban J connectivity index is 1.95. The summed E-state index contributed by atoms with van der Waals surface area (Å²) >= 11 is 2.19. The van der Waals surface area contributed by atoms with Crippen molar-refractivity contribution in [2.24, 2.45) is 0 Å². The molecule has 0 bridgehead atoms. The van der Waals surface area contributed by atoms with Crippen LogP contribution in [0.3, 0.4) is 0 Å². The molecule has 0 aliphatic heterocycles. The first-order valence-electron chi connectivity index (χ1n) is 6.54. The normalized spacial score (nSPS) is 11.1. The Hall–Kier alpha value is -2.18. The number of hydrogen-bond acceptors (Lipinski definition) is 3. The van der Waals surface area contributed by atoms with Crippen molar-refractivity contribution < 1.29 is 8.42 Å². The van der Waals surface area contributed by atoms with E-state index in [4.69, 9.17) is 6.57 Å². The monoisotopic (exact) mass is 435 g/mol. The molecule has 1 N–H and O–H groups in total. The molecule has 0 amide bonds. The molecule has 0 aliphatic carbocycles. The molecule has 0 radical (unpaired) electrons. The molecule has 3 rings (SSSR count). The van der Waals surface area contributed by atoms with Gasteiger partial charge in [-0.3, -0.25) is 9.71 Å². The van der Waals surface area contributed by atoms with Gasteiger partial charge in [0.1, 0.15) is 0 Å². The topological polar surface area (TPSA) is 63.4 Å². The lowest BCUT2D eigenvalue weighted by molar-refractivity contribution is 0.601. The molecule has 0 saturated heterocycles. The number of halogens is 1. The number of hydrogen-bond donors (Lipinski definition) is 1. The number of fused-ring (bicyclic) bond motifs is 1. The van der Waals surface area contributed by atoms with E-state index in [0.717, 1.165) is 14.5 Å². The summed E-state index contributed by atoms with van der Waals surface area (Å²) < 4.78 is 28.3. The van der Waals surface area contributed by atoms with E-state index in [9.17, 15) is 8.42 Å². The Morgan fingerprint density at radius 2 is 1.87 bits per heavy atom. The first-order valence-corrected chi connectivity index (χ1v) is 9.10. The van der Waals surface area contributed by atoms with Gasteiger partial charge < -0.3 is 0 Å². The molecule has 0 spiro atoms. The molecule has 0 atom stereocenters. The number of aromatic nitrogens is 1. The van der Waals surface area contributed by atoms with Gasteiger partial charge in [-0.1, -0.05) is 36.4 Å². The average Bonchev–Trinajstić information content (AvgIpc) is 2.54. The molecular weight excluding hydrogens is 425 g/mol. The van der Waals surface area contributed by atoms with Crippen molar-refractivity contribution in [3.05, 3.63) is 69.7 Å². The molecule has 0 unspecified atom stereocenters. The second-order valence-electron chi connectivity index (χ2n) is 4.75. The fourth-order valence-electron chi connectivity index (χ4n) is 2.09. The van der Waals surface area contributed by atoms with Crippen molar-refractivity contribution >= 4 is 54.9 Å². The third-order valence-corrected chi connectivity index (χ3v) is 5.46. The number of para-hydroxylation sites is 1. The van der Waals surface area contributed by atoms with Crippen molar-refractivity contribution in [1.82, 2.24) is 4.98 Å². The van der Waals surface area contributed by atoms with Crippen LogP contribution in [-0.2, 0) is 10.0 Å². The molecule has 114 valence electrons. The number of nitrogens with one attached hydrogen (secondary N) is 1. The Bertz CT molecular complexity index is 1030. The van der Waals surface area contributed by atoms with Crippen LogP contribution in [0.25, 0.3) is 15.7 Å². The van der Waals surface area contributed by atoms with E-state index in [0.29, 0.717) is 11.4 Å². The second-order valence-corrected chi connectivity index (χ2v) is 7.59. The summed E-state index contributed by atoms with van der Waals surface area (Å²) in [4.78, 5) is 7.66. The van der Waals surface area contributed by atoms with E-state index >= 15 is 0 Å². The quantitative estimate of drug-likeness (QED) is 0.496. The lowest BCUT2D eigenvalue weighted by atomic mass is 10.2. The average molecular weight is 435 g/mol. The van der Waals surface area contributed by atoms with Gasteiger partial charge in [0.25, 0.3) is 10.0 Å². The molecule has 5 nitrogen and oxygen atoms in total. The maximum Gasteiger partial charge on any atom is 0.261 e. The molecule has 3 aromatic rings. The highest BCUT2D eigenvalue weighted by Crippen LogP contribution is 2.23. The van der Waals surface area contributed by atoms with Crippen LogP contribution >= 0.6 is 22.6 Å². The highest BCUT2D eigenvalue weighted by Gasteiger charge is 2.14. The van der Waals surface area contributed by atoms with E-state index in [1.165, 1.54) is 30.5 Å². The fraction of sp³-hybridized carbons (Fsp3) is 0. The standard InChI is InChI=1S/C16H10IN3O2S/c1-18-12-5-7-14(8-6-12)23(21,22)20-13-9-11-3-2-4-15(17)16(11)19-10-13/h2-10,20H. The number of sulfonamides is 1. The van der Waals surface area contributed by atoms with Crippen molar-refractivity contribution in [3.8, 4) is 0 Å². The summed E-state index contributed by atoms with van der Waals surface area (Å²) in [6.07, 6.45) is 1.50. The summed E-state index contributed by atoms with van der Waals surface area (Å²) in [5, 5.41) is 0.862. The Morgan fingerprint density at radius 1 is 1.13 bits per heavy atom. The molecule has 7 heteroatoms. The van der Waals surface area contributed by atoms with E-state index in [2.05, 4.69) is 37.1 Å². The number of nitrogens with zero attached hydrogens (tertiary/aromatic N) is 2. The van der Waals surface area contributed by atoms with Crippen molar-refractivity contribution in [3.63, 3.8) is 0 Å². The number of anilines is 1.